The Bertz CT molecular complexity index is 535. The van der Waals surface area contributed by atoms with Crippen LogP contribution in [-0.2, 0) is 11.3 Å². The minimum Gasteiger partial charge on any atom is -0.351 e. The molecule has 116 valence electrons. The van der Waals surface area contributed by atoms with Crippen LogP contribution in [0.2, 0.25) is 0 Å². The molecule has 2 heterocycles. The second kappa shape index (κ2) is 5.05. The number of aromatic nitrogens is 2. The Morgan fingerprint density at radius 1 is 1.48 bits per heavy atom. The average molecular weight is 298 g/mol. The van der Waals surface area contributed by atoms with Crippen molar-refractivity contribution in [2.45, 2.75) is 57.3 Å². The summed E-state index contributed by atoms with van der Waals surface area (Å²) in [5, 5.41) is 6.94. The first-order chi connectivity index (χ1) is 9.85. The van der Waals surface area contributed by atoms with Crippen LogP contribution in [0.1, 0.15) is 38.4 Å². The molecule has 0 aromatic carbocycles. The molecule has 1 aliphatic carbocycles. The number of amides is 1. The van der Waals surface area contributed by atoms with Crippen LogP contribution in [0.5, 0.6) is 0 Å². The molecule has 0 spiro atoms. The molecule has 5 nitrogen and oxygen atoms in total. The number of fused-ring (bicyclic) bond motifs is 1. The van der Waals surface area contributed by atoms with E-state index in [4.69, 9.17) is 0 Å². The van der Waals surface area contributed by atoms with Crippen molar-refractivity contribution in [1.29, 1.82) is 0 Å². The fourth-order valence-corrected chi connectivity index (χ4v) is 2.97. The topological polar surface area (TPSA) is 50.2 Å². The van der Waals surface area contributed by atoms with Crippen LogP contribution in [0.4, 0.5) is 8.78 Å². The molecule has 1 aliphatic heterocycles. The quantitative estimate of drug-likeness (QED) is 0.921. The van der Waals surface area contributed by atoms with Crippen molar-refractivity contribution < 1.29 is 13.6 Å². The molecule has 0 saturated heterocycles. The van der Waals surface area contributed by atoms with Gasteiger partial charge in [0.25, 0.3) is 5.92 Å². The molecule has 1 atom stereocenters. The van der Waals surface area contributed by atoms with Crippen LogP contribution >= 0.6 is 0 Å². The fourth-order valence-electron chi connectivity index (χ4n) is 2.97. The van der Waals surface area contributed by atoms with Crippen molar-refractivity contribution in [3.05, 3.63) is 18.0 Å². The summed E-state index contributed by atoms with van der Waals surface area (Å²) in [4.78, 5) is 14.6. The third-order valence-electron chi connectivity index (χ3n) is 4.29. The summed E-state index contributed by atoms with van der Waals surface area (Å²) >= 11 is 0. The van der Waals surface area contributed by atoms with E-state index >= 15 is 0 Å². The lowest BCUT2D eigenvalue weighted by molar-refractivity contribution is -0.133. The first kappa shape index (κ1) is 14.4. The zero-order valence-electron chi connectivity index (χ0n) is 12.2. The molecule has 1 saturated carbocycles. The number of hydrogen-bond donors (Lipinski definition) is 1. The molecule has 7 heteroatoms. The molecule has 21 heavy (non-hydrogen) atoms. The lowest BCUT2D eigenvalue weighted by Crippen LogP contribution is -2.54. The van der Waals surface area contributed by atoms with Crippen molar-refractivity contribution in [3.63, 3.8) is 0 Å². The summed E-state index contributed by atoms with van der Waals surface area (Å²) in [6.07, 6.45) is 1.16. The van der Waals surface area contributed by atoms with Gasteiger partial charge in [-0.05, 0) is 19.9 Å². The average Bonchev–Trinajstić information content (AvgIpc) is 2.82. The molecule has 0 radical (unpaired) electrons. The zero-order chi connectivity index (χ0) is 15.2. The van der Waals surface area contributed by atoms with E-state index < -0.39 is 18.0 Å². The predicted octanol–water partition coefficient (Wildman–Crippen LogP) is 1.56. The number of carbonyl (C=O) groups is 1. The predicted molar refractivity (Wildman–Crippen MR) is 72.9 cm³/mol. The number of nitrogens with zero attached hydrogens (tertiary/aromatic N) is 3. The molecule has 1 aromatic heterocycles. The Morgan fingerprint density at radius 3 is 2.81 bits per heavy atom. The number of nitrogens with one attached hydrogen (secondary N) is 1. The molecular formula is C14H20F2N4O. The molecule has 0 unspecified atom stereocenters. The van der Waals surface area contributed by atoms with Gasteiger partial charge in [0, 0.05) is 44.2 Å². The standard InChI is InChI=1S/C14H20F2N4O/c1-9(2)19-7-11-3-4-17-20(11)12(8-19)13(21)18-10-5-14(15,16)6-10/h3-4,9-10,12H,5-8H2,1-2H3,(H,18,21)/t12-/m1/s1. The van der Waals surface area contributed by atoms with E-state index in [1.54, 1.807) is 10.9 Å². The van der Waals surface area contributed by atoms with Gasteiger partial charge in [-0.1, -0.05) is 0 Å². The second-order valence-corrected chi connectivity index (χ2v) is 6.28. The van der Waals surface area contributed by atoms with E-state index in [2.05, 4.69) is 29.2 Å². The Morgan fingerprint density at radius 2 is 2.19 bits per heavy atom. The summed E-state index contributed by atoms with van der Waals surface area (Å²) < 4.78 is 27.4. The van der Waals surface area contributed by atoms with E-state index in [0.29, 0.717) is 12.6 Å². The zero-order valence-corrected chi connectivity index (χ0v) is 12.2. The Labute approximate surface area is 122 Å². The second-order valence-electron chi connectivity index (χ2n) is 6.28. The highest BCUT2D eigenvalue weighted by Crippen LogP contribution is 2.37. The maximum absolute atomic E-state index is 12.9. The normalized spacial score (nSPS) is 25.5. The monoisotopic (exact) mass is 298 g/mol. The van der Waals surface area contributed by atoms with Gasteiger partial charge in [-0.25, -0.2) is 8.78 Å². The fraction of sp³-hybridized carbons (Fsp3) is 0.714. The highest BCUT2D eigenvalue weighted by atomic mass is 19.3. The minimum atomic E-state index is -2.62. The van der Waals surface area contributed by atoms with Crippen LogP contribution < -0.4 is 5.32 Å². The summed E-state index contributed by atoms with van der Waals surface area (Å²) in [6, 6.07) is 1.35. The molecule has 1 amide bonds. The highest BCUT2D eigenvalue weighted by Gasteiger charge is 2.46. The van der Waals surface area contributed by atoms with E-state index in [-0.39, 0.29) is 18.7 Å². The first-order valence-corrected chi connectivity index (χ1v) is 7.30. The smallest absolute Gasteiger partial charge is 0.252 e. The summed E-state index contributed by atoms with van der Waals surface area (Å²) in [7, 11) is 0. The van der Waals surface area contributed by atoms with Gasteiger partial charge in [0.05, 0.1) is 5.69 Å². The number of carbonyl (C=O) groups excluding carboxylic acids is 1. The van der Waals surface area contributed by atoms with Crippen molar-refractivity contribution in [2.24, 2.45) is 0 Å². The van der Waals surface area contributed by atoms with Gasteiger partial charge in [0.1, 0.15) is 6.04 Å². The van der Waals surface area contributed by atoms with Crippen molar-refractivity contribution in [1.82, 2.24) is 20.0 Å². The molecule has 1 aromatic rings. The third kappa shape index (κ3) is 2.79. The van der Waals surface area contributed by atoms with Crippen LogP contribution in [-0.4, -0.2) is 45.1 Å². The van der Waals surface area contributed by atoms with Gasteiger partial charge in [-0.15, -0.1) is 0 Å². The SMILES string of the molecule is CC(C)N1Cc2ccnn2[C@@H](C(=O)NC2CC(F)(F)C2)C1. The first-order valence-electron chi connectivity index (χ1n) is 7.30. The maximum Gasteiger partial charge on any atom is 0.252 e. The molecule has 1 fully saturated rings. The van der Waals surface area contributed by atoms with E-state index in [1.807, 2.05) is 6.07 Å². The Hall–Kier alpha value is -1.50. The summed E-state index contributed by atoms with van der Waals surface area (Å²) in [6.45, 7) is 5.46. The van der Waals surface area contributed by atoms with Gasteiger partial charge < -0.3 is 5.32 Å². The van der Waals surface area contributed by atoms with E-state index in [0.717, 1.165) is 12.2 Å². The van der Waals surface area contributed by atoms with E-state index in [1.165, 1.54) is 0 Å². The summed E-state index contributed by atoms with van der Waals surface area (Å²) in [5.41, 5.74) is 0.981. The van der Waals surface area contributed by atoms with Gasteiger partial charge in [-0.2, -0.15) is 5.10 Å². The highest BCUT2D eigenvalue weighted by molar-refractivity contribution is 5.81. The van der Waals surface area contributed by atoms with Crippen LogP contribution in [0.3, 0.4) is 0 Å². The van der Waals surface area contributed by atoms with E-state index in [9.17, 15) is 13.6 Å². The van der Waals surface area contributed by atoms with Gasteiger partial charge in [-0.3, -0.25) is 14.4 Å². The van der Waals surface area contributed by atoms with Crippen molar-refractivity contribution in [2.75, 3.05) is 6.54 Å². The van der Waals surface area contributed by atoms with Crippen molar-refractivity contribution >= 4 is 5.91 Å². The minimum absolute atomic E-state index is 0.217. The Balaban J connectivity index is 1.70. The maximum atomic E-state index is 12.9. The molecule has 2 aliphatic rings. The van der Waals surface area contributed by atoms with Crippen LogP contribution in [0.25, 0.3) is 0 Å². The molecule has 3 rings (SSSR count). The summed E-state index contributed by atoms with van der Waals surface area (Å²) in [5.74, 6) is -2.84. The largest absolute Gasteiger partial charge is 0.351 e. The van der Waals surface area contributed by atoms with Crippen LogP contribution in [0.15, 0.2) is 12.3 Å². The number of hydrogen-bond acceptors (Lipinski definition) is 3. The van der Waals surface area contributed by atoms with Crippen LogP contribution in [0, 0.1) is 0 Å². The molecule has 0 bridgehead atoms. The number of alkyl halides is 2. The van der Waals surface area contributed by atoms with Gasteiger partial charge in [0.15, 0.2) is 0 Å². The number of rotatable bonds is 3. The molecule has 1 N–H and O–H groups in total. The van der Waals surface area contributed by atoms with Gasteiger partial charge in [0.2, 0.25) is 5.91 Å². The van der Waals surface area contributed by atoms with Crippen molar-refractivity contribution in [3.8, 4) is 0 Å². The lowest BCUT2D eigenvalue weighted by Gasteiger charge is -2.39. The molecular weight excluding hydrogens is 278 g/mol. The lowest BCUT2D eigenvalue weighted by atomic mass is 9.88. The van der Waals surface area contributed by atoms with Gasteiger partial charge >= 0.3 is 0 Å². The Kier molecular flexibility index (Phi) is 3.47. The third-order valence-corrected chi connectivity index (χ3v) is 4.29. The number of halogens is 2.